The summed E-state index contributed by atoms with van der Waals surface area (Å²) < 4.78 is 3.41. The van der Waals surface area contributed by atoms with Gasteiger partial charge in [-0.2, -0.15) is 0 Å². The van der Waals surface area contributed by atoms with Crippen molar-refractivity contribution in [2.45, 2.75) is 13.8 Å². The number of benzene rings is 2. The minimum absolute atomic E-state index is 0.157. The highest BCUT2D eigenvalue weighted by Gasteiger charge is 2.25. The second kappa shape index (κ2) is 7.13. The molecule has 1 aromatic heterocycles. The lowest BCUT2D eigenvalue weighted by Crippen LogP contribution is -2.20. The van der Waals surface area contributed by atoms with Gasteiger partial charge in [0.15, 0.2) is 0 Å². The predicted molar refractivity (Wildman–Crippen MR) is 114 cm³/mol. The smallest absolute Gasteiger partial charge is 0.284 e. The van der Waals surface area contributed by atoms with Crippen molar-refractivity contribution in [3.8, 4) is 5.69 Å². The molecule has 0 fully saturated rings. The molecule has 0 saturated heterocycles. The Labute approximate surface area is 167 Å². The Morgan fingerprint density at radius 2 is 1.64 bits per heavy atom. The highest BCUT2D eigenvalue weighted by atomic mass is 32.2. The normalized spacial score (nSPS) is 15.3. The SMILES string of the molecule is Cc1ccc(C2=NC(=O)C(=Cc3c(C)n(C)n(-c4ccccc4)c3=O)S2)cc1. The molecule has 1 aliphatic heterocycles. The molecule has 1 amide bonds. The van der Waals surface area contributed by atoms with Crippen LogP contribution < -0.4 is 5.56 Å². The maximum absolute atomic E-state index is 13.0. The van der Waals surface area contributed by atoms with Crippen LogP contribution in [0.2, 0.25) is 0 Å². The topological polar surface area (TPSA) is 56.4 Å². The fourth-order valence-electron chi connectivity index (χ4n) is 3.12. The Bertz CT molecular complexity index is 1180. The van der Waals surface area contributed by atoms with Gasteiger partial charge in [-0.1, -0.05) is 59.8 Å². The van der Waals surface area contributed by atoms with Crippen molar-refractivity contribution in [2.24, 2.45) is 12.0 Å². The van der Waals surface area contributed by atoms with Crippen molar-refractivity contribution in [3.05, 3.63) is 92.2 Å². The molecule has 6 heteroatoms. The van der Waals surface area contributed by atoms with E-state index < -0.39 is 0 Å². The van der Waals surface area contributed by atoms with E-state index in [-0.39, 0.29) is 11.5 Å². The third kappa shape index (κ3) is 3.16. The van der Waals surface area contributed by atoms with Crippen LogP contribution in [0.15, 0.2) is 69.3 Å². The number of aryl methyl sites for hydroxylation is 1. The molecule has 0 radical (unpaired) electrons. The number of para-hydroxylation sites is 1. The predicted octanol–water partition coefficient (Wildman–Crippen LogP) is 3.85. The van der Waals surface area contributed by atoms with E-state index in [4.69, 9.17) is 0 Å². The van der Waals surface area contributed by atoms with Crippen molar-refractivity contribution in [1.29, 1.82) is 0 Å². The van der Waals surface area contributed by atoms with Crippen molar-refractivity contribution < 1.29 is 4.79 Å². The van der Waals surface area contributed by atoms with E-state index in [1.54, 1.807) is 15.4 Å². The standard InChI is InChI=1S/C22H19N3O2S/c1-14-9-11-16(12-10-14)21-23-20(26)19(28-21)13-18-15(2)24(3)25(22(18)27)17-7-5-4-6-8-17/h4-13H,1-3H3. The Morgan fingerprint density at radius 3 is 2.32 bits per heavy atom. The first-order valence-corrected chi connectivity index (χ1v) is 9.71. The van der Waals surface area contributed by atoms with Gasteiger partial charge in [-0.05, 0) is 32.1 Å². The number of hydrogen-bond donors (Lipinski definition) is 0. The zero-order valence-corrected chi connectivity index (χ0v) is 16.7. The Kier molecular flexibility index (Phi) is 4.65. The number of carbonyl (C=O) groups is 1. The molecule has 140 valence electrons. The van der Waals surface area contributed by atoms with Gasteiger partial charge in [-0.15, -0.1) is 0 Å². The van der Waals surface area contributed by atoms with Crippen molar-refractivity contribution in [3.63, 3.8) is 0 Å². The number of thioether (sulfide) groups is 1. The Balaban J connectivity index is 1.72. The largest absolute Gasteiger partial charge is 0.285 e. The van der Waals surface area contributed by atoms with Crippen LogP contribution >= 0.6 is 11.8 Å². The zero-order valence-electron chi connectivity index (χ0n) is 15.8. The van der Waals surface area contributed by atoms with Crippen LogP contribution in [0, 0.1) is 13.8 Å². The van der Waals surface area contributed by atoms with E-state index in [1.807, 2.05) is 75.5 Å². The van der Waals surface area contributed by atoms with Gasteiger partial charge in [0.05, 0.1) is 16.2 Å². The number of carbonyl (C=O) groups excluding carboxylic acids is 1. The lowest BCUT2D eigenvalue weighted by atomic mass is 10.2. The quantitative estimate of drug-likeness (QED) is 0.639. The van der Waals surface area contributed by atoms with Crippen molar-refractivity contribution in [1.82, 2.24) is 9.36 Å². The lowest BCUT2D eigenvalue weighted by molar-refractivity contribution is -0.113. The van der Waals surface area contributed by atoms with Gasteiger partial charge in [-0.3, -0.25) is 14.3 Å². The molecule has 0 aliphatic carbocycles. The van der Waals surface area contributed by atoms with Gasteiger partial charge in [-0.25, -0.2) is 9.67 Å². The molecule has 0 saturated carbocycles. The maximum atomic E-state index is 13.0. The number of aliphatic imine (C=N–C) groups is 1. The second-order valence-corrected chi connectivity index (χ2v) is 7.70. The average Bonchev–Trinajstić information content (AvgIpc) is 3.16. The monoisotopic (exact) mass is 389 g/mol. The molecule has 2 heterocycles. The number of amides is 1. The van der Waals surface area contributed by atoms with Crippen molar-refractivity contribution >= 4 is 28.8 Å². The summed E-state index contributed by atoms with van der Waals surface area (Å²) in [7, 11) is 1.84. The molecule has 0 spiro atoms. The molecular formula is C22H19N3O2S. The first-order chi connectivity index (χ1) is 13.5. The van der Waals surface area contributed by atoms with Crippen LogP contribution in [-0.2, 0) is 11.8 Å². The molecular weight excluding hydrogens is 370 g/mol. The van der Waals surface area contributed by atoms with Gasteiger partial charge in [0.25, 0.3) is 11.5 Å². The minimum atomic E-state index is -0.311. The van der Waals surface area contributed by atoms with Gasteiger partial charge in [0, 0.05) is 18.3 Å². The summed E-state index contributed by atoms with van der Waals surface area (Å²) in [5, 5.41) is 0.660. The fourth-order valence-corrected chi connectivity index (χ4v) is 4.02. The third-order valence-electron chi connectivity index (χ3n) is 4.79. The summed E-state index contributed by atoms with van der Waals surface area (Å²) in [5.41, 5.74) is 3.97. The highest BCUT2D eigenvalue weighted by molar-refractivity contribution is 8.19. The molecule has 2 aromatic carbocycles. The number of rotatable bonds is 3. The molecule has 0 atom stereocenters. The lowest BCUT2D eigenvalue weighted by Gasteiger charge is -2.07. The first-order valence-electron chi connectivity index (χ1n) is 8.89. The molecule has 28 heavy (non-hydrogen) atoms. The van der Waals surface area contributed by atoms with E-state index >= 15 is 0 Å². The molecule has 5 nitrogen and oxygen atoms in total. The summed E-state index contributed by atoms with van der Waals surface area (Å²) in [6.07, 6.45) is 1.66. The van der Waals surface area contributed by atoms with Crippen LogP contribution in [0.3, 0.4) is 0 Å². The summed E-state index contributed by atoms with van der Waals surface area (Å²) in [6, 6.07) is 17.3. The van der Waals surface area contributed by atoms with E-state index in [0.717, 1.165) is 22.5 Å². The Morgan fingerprint density at radius 1 is 0.964 bits per heavy atom. The first kappa shape index (κ1) is 18.3. The summed E-state index contributed by atoms with van der Waals surface area (Å²) in [5.74, 6) is -0.311. The second-order valence-electron chi connectivity index (χ2n) is 6.67. The zero-order chi connectivity index (χ0) is 19.8. The third-order valence-corrected chi connectivity index (χ3v) is 5.83. The average molecular weight is 389 g/mol. The molecule has 3 aromatic rings. The number of nitrogens with zero attached hydrogens (tertiary/aromatic N) is 3. The van der Waals surface area contributed by atoms with E-state index in [9.17, 15) is 9.59 Å². The number of aromatic nitrogens is 2. The molecule has 0 bridgehead atoms. The van der Waals surface area contributed by atoms with Gasteiger partial charge in [0.2, 0.25) is 0 Å². The van der Waals surface area contributed by atoms with Crippen LogP contribution in [0.4, 0.5) is 0 Å². The Hall–Kier alpha value is -3.12. The molecule has 4 rings (SSSR count). The summed E-state index contributed by atoms with van der Waals surface area (Å²) in [6.45, 7) is 3.89. The molecule has 1 aliphatic rings. The number of hydrogen-bond acceptors (Lipinski definition) is 3. The van der Waals surface area contributed by atoms with Crippen molar-refractivity contribution in [2.75, 3.05) is 0 Å². The molecule has 0 N–H and O–H groups in total. The maximum Gasteiger partial charge on any atom is 0.284 e. The molecule has 0 unspecified atom stereocenters. The van der Waals surface area contributed by atoms with E-state index in [0.29, 0.717) is 15.5 Å². The van der Waals surface area contributed by atoms with Gasteiger partial charge in [0.1, 0.15) is 5.04 Å². The van der Waals surface area contributed by atoms with Crippen LogP contribution in [0.1, 0.15) is 22.4 Å². The van der Waals surface area contributed by atoms with Gasteiger partial charge >= 0.3 is 0 Å². The summed E-state index contributed by atoms with van der Waals surface area (Å²) in [4.78, 5) is 30.1. The highest BCUT2D eigenvalue weighted by Crippen LogP contribution is 2.32. The minimum Gasteiger partial charge on any atom is -0.285 e. The van der Waals surface area contributed by atoms with Crippen LogP contribution in [-0.4, -0.2) is 20.3 Å². The van der Waals surface area contributed by atoms with E-state index in [1.165, 1.54) is 11.8 Å². The fraction of sp³-hybridized carbons (Fsp3) is 0.136. The van der Waals surface area contributed by atoms with Gasteiger partial charge < -0.3 is 0 Å². The van der Waals surface area contributed by atoms with E-state index in [2.05, 4.69) is 4.99 Å². The van der Waals surface area contributed by atoms with Crippen LogP contribution in [0.25, 0.3) is 11.8 Å². The van der Waals surface area contributed by atoms with Crippen LogP contribution in [0.5, 0.6) is 0 Å². The summed E-state index contributed by atoms with van der Waals surface area (Å²) >= 11 is 1.31.